The third-order valence-corrected chi connectivity index (χ3v) is 5.94. The number of ether oxygens (including phenoxy) is 1. The normalized spacial score (nSPS) is 14.4. The second-order valence-electron chi connectivity index (χ2n) is 7.68. The van der Waals surface area contributed by atoms with Crippen LogP contribution in [-0.4, -0.2) is 54.3 Å². The fraction of sp³-hybridized carbons (Fsp3) is 0.333. The molecule has 0 radical (unpaired) electrons. The van der Waals surface area contributed by atoms with Crippen molar-refractivity contribution in [1.82, 2.24) is 15.1 Å². The largest absolute Gasteiger partial charge is 0.496 e. The van der Waals surface area contributed by atoms with Crippen molar-refractivity contribution in [3.05, 3.63) is 65.2 Å². The van der Waals surface area contributed by atoms with E-state index in [1.807, 2.05) is 53.4 Å². The first-order valence-corrected chi connectivity index (χ1v) is 11.0. The summed E-state index contributed by atoms with van der Waals surface area (Å²) in [5.74, 6) is 1.94. The number of carbonyl (C=O) groups is 1. The summed E-state index contributed by atoms with van der Waals surface area (Å²) in [5.41, 5.74) is 3.08. The Kier molecular flexibility index (Phi) is 6.77. The van der Waals surface area contributed by atoms with Gasteiger partial charge in [-0.2, -0.15) is 5.10 Å². The standard InChI is InChI=1S/C24H27ClN4O2/c1-31-22-6-3-2-5-19(22)9-12-24(30)29-14-4-13-28(15-16-29)23-17-21(26-27-23)18-7-10-20(25)11-8-18/h2-3,5-8,10-11,17H,4,9,12-16H2,1H3,(H,26,27). The van der Waals surface area contributed by atoms with Gasteiger partial charge in [-0.3, -0.25) is 9.89 Å². The zero-order valence-electron chi connectivity index (χ0n) is 17.7. The molecule has 0 spiro atoms. The van der Waals surface area contributed by atoms with Crippen molar-refractivity contribution in [1.29, 1.82) is 0 Å². The van der Waals surface area contributed by atoms with E-state index in [0.717, 1.165) is 54.4 Å². The van der Waals surface area contributed by atoms with Crippen LogP contribution in [0, 0.1) is 0 Å². The molecule has 6 nitrogen and oxygen atoms in total. The van der Waals surface area contributed by atoms with E-state index in [1.165, 1.54) is 0 Å². The molecule has 1 aromatic heterocycles. The summed E-state index contributed by atoms with van der Waals surface area (Å²) >= 11 is 5.98. The van der Waals surface area contributed by atoms with Crippen molar-refractivity contribution in [3.8, 4) is 17.0 Å². The van der Waals surface area contributed by atoms with E-state index in [4.69, 9.17) is 16.3 Å². The topological polar surface area (TPSA) is 61.5 Å². The summed E-state index contributed by atoms with van der Waals surface area (Å²) in [5, 5.41) is 8.33. The Balaban J connectivity index is 1.34. The molecule has 0 bridgehead atoms. The van der Waals surface area contributed by atoms with Crippen molar-refractivity contribution in [2.75, 3.05) is 38.2 Å². The van der Waals surface area contributed by atoms with Crippen LogP contribution in [0.1, 0.15) is 18.4 Å². The number of aryl methyl sites for hydroxylation is 1. The van der Waals surface area contributed by atoms with Crippen LogP contribution in [-0.2, 0) is 11.2 Å². The Hall–Kier alpha value is -2.99. The van der Waals surface area contributed by atoms with Gasteiger partial charge in [-0.05, 0) is 42.2 Å². The number of para-hydroxylation sites is 1. The lowest BCUT2D eigenvalue weighted by atomic mass is 10.1. The second-order valence-corrected chi connectivity index (χ2v) is 8.12. The van der Waals surface area contributed by atoms with Crippen LogP contribution in [0.5, 0.6) is 5.75 Å². The smallest absolute Gasteiger partial charge is 0.222 e. The average molecular weight is 439 g/mol. The van der Waals surface area contributed by atoms with Gasteiger partial charge in [0.05, 0.1) is 12.8 Å². The monoisotopic (exact) mass is 438 g/mol. The lowest BCUT2D eigenvalue weighted by Crippen LogP contribution is -2.35. The van der Waals surface area contributed by atoms with E-state index in [1.54, 1.807) is 7.11 Å². The van der Waals surface area contributed by atoms with Gasteiger partial charge in [0, 0.05) is 43.7 Å². The van der Waals surface area contributed by atoms with Gasteiger partial charge in [0.25, 0.3) is 0 Å². The maximum atomic E-state index is 12.8. The summed E-state index contributed by atoms with van der Waals surface area (Å²) in [6.07, 6.45) is 2.10. The number of H-pyrrole nitrogens is 1. The molecule has 1 saturated heterocycles. The third kappa shape index (κ3) is 5.20. The first-order chi connectivity index (χ1) is 15.1. The van der Waals surface area contributed by atoms with Crippen LogP contribution in [0.2, 0.25) is 5.02 Å². The third-order valence-electron chi connectivity index (χ3n) is 5.69. The molecule has 0 unspecified atom stereocenters. The molecular weight excluding hydrogens is 412 g/mol. The number of methoxy groups -OCH3 is 1. The lowest BCUT2D eigenvalue weighted by molar-refractivity contribution is -0.130. The van der Waals surface area contributed by atoms with Gasteiger partial charge in [0.1, 0.15) is 5.75 Å². The van der Waals surface area contributed by atoms with Gasteiger partial charge in [-0.15, -0.1) is 0 Å². The number of rotatable bonds is 6. The highest BCUT2D eigenvalue weighted by molar-refractivity contribution is 6.30. The Morgan fingerprint density at radius 1 is 1.10 bits per heavy atom. The van der Waals surface area contributed by atoms with Crippen LogP contribution in [0.15, 0.2) is 54.6 Å². The summed E-state index contributed by atoms with van der Waals surface area (Å²) in [7, 11) is 1.66. The van der Waals surface area contributed by atoms with Crippen LogP contribution in [0.25, 0.3) is 11.3 Å². The molecule has 1 N–H and O–H groups in total. The van der Waals surface area contributed by atoms with Crippen molar-refractivity contribution in [2.24, 2.45) is 0 Å². The van der Waals surface area contributed by atoms with E-state index in [0.29, 0.717) is 24.4 Å². The van der Waals surface area contributed by atoms with Crippen LogP contribution in [0.3, 0.4) is 0 Å². The number of hydrogen-bond acceptors (Lipinski definition) is 4. The van der Waals surface area contributed by atoms with E-state index in [9.17, 15) is 4.79 Å². The van der Waals surface area contributed by atoms with E-state index in [-0.39, 0.29) is 5.91 Å². The van der Waals surface area contributed by atoms with Crippen LogP contribution < -0.4 is 9.64 Å². The minimum atomic E-state index is 0.191. The summed E-state index contributed by atoms with van der Waals surface area (Å²) in [6, 6.07) is 17.6. The van der Waals surface area contributed by atoms with Crippen LogP contribution >= 0.6 is 11.6 Å². The number of aromatic amines is 1. The number of anilines is 1. The van der Waals surface area contributed by atoms with Crippen LogP contribution in [0.4, 0.5) is 5.82 Å². The zero-order chi connectivity index (χ0) is 21.6. The highest BCUT2D eigenvalue weighted by Crippen LogP contribution is 2.24. The number of amides is 1. The number of carbonyl (C=O) groups excluding carboxylic acids is 1. The predicted octanol–water partition coefficient (Wildman–Crippen LogP) is 4.41. The number of nitrogens with one attached hydrogen (secondary N) is 1. The molecular formula is C24H27ClN4O2. The van der Waals surface area contributed by atoms with Crippen molar-refractivity contribution < 1.29 is 9.53 Å². The number of hydrogen-bond donors (Lipinski definition) is 1. The summed E-state index contributed by atoms with van der Waals surface area (Å²) < 4.78 is 5.40. The minimum Gasteiger partial charge on any atom is -0.496 e. The Labute approximate surface area is 187 Å². The molecule has 4 rings (SSSR count). The maximum Gasteiger partial charge on any atom is 0.222 e. The molecule has 162 valence electrons. The Morgan fingerprint density at radius 3 is 2.71 bits per heavy atom. The first kappa shape index (κ1) is 21.2. The summed E-state index contributed by atoms with van der Waals surface area (Å²) in [6.45, 7) is 3.12. The van der Waals surface area contributed by atoms with Crippen molar-refractivity contribution in [3.63, 3.8) is 0 Å². The van der Waals surface area contributed by atoms with E-state index >= 15 is 0 Å². The molecule has 7 heteroatoms. The second kappa shape index (κ2) is 9.88. The van der Waals surface area contributed by atoms with Gasteiger partial charge in [0.15, 0.2) is 5.82 Å². The SMILES string of the molecule is COc1ccccc1CCC(=O)N1CCCN(c2cc(-c3ccc(Cl)cc3)[nH]n2)CC1. The van der Waals surface area contributed by atoms with Gasteiger partial charge in [0.2, 0.25) is 5.91 Å². The molecule has 0 atom stereocenters. The van der Waals surface area contributed by atoms with Crippen molar-refractivity contribution in [2.45, 2.75) is 19.3 Å². The number of benzene rings is 2. The predicted molar refractivity (Wildman–Crippen MR) is 124 cm³/mol. The molecule has 0 aliphatic carbocycles. The first-order valence-electron chi connectivity index (χ1n) is 10.6. The molecule has 2 heterocycles. The van der Waals surface area contributed by atoms with E-state index < -0.39 is 0 Å². The highest BCUT2D eigenvalue weighted by Gasteiger charge is 2.21. The molecule has 1 aliphatic rings. The summed E-state index contributed by atoms with van der Waals surface area (Å²) in [4.78, 5) is 17.0. The highest BCUT2D eigenvalue weighted by atomic mass is 35.5. The Morgan fingerprint density at radius 2 is 1.90 bits per heavy atom. The number of aromatic nitrogens is 2. The minimum absolute atomic E-state index is 0.191. The molecule has 1 amide bonds. The fourth-order valence-electron chi connectivity index (χ4n) is 3.96. The number of halogens is 1. The fourth-order valence-corrected chi connectivity index (χ4v) is 4.08. The number of nitrogens with zero attached hydrogens (tertiary/aromatic N) is 3. The van der Waals surface area contributed by atoms with E-state index in [2.05, 4.69) is 21.2 Å². The van der Waals surface area contributed by atoms with Crippen molar-refractivity contribution >= 4 is 23.3 Å². The van der Waals surface area contributed by atoms with Gasteiger partial charge in [-0.25, -0.2) is 0 Å². The van der Waals surface area contributed by atoms with Gasteiger partial charge < -0.3 is 14.5 Å². The molecule has 3 aromatic rings. The zero-order valence-corrected chi connectivity index (χ0v) is 18.4. The molecule has 1 fully saturated rings. The lowest BCUT2D eigenvalue weighted by Gasteiger charge is -2.22. The molecule has 31 heavy (non-hydrogen) atoms. The Bertz CT molecular complexity index is 1020. The van der Waals surface area contributed by atoms with Gasteiger partial charge in [-0.1, -0.05) is 41.9 Å². The maximum absolute atomic E-state index is 12.8. The quantitative estimate of drug-likeness (QED) is 0.619. The molecule has 2 aromatic carbocycles. The molecule has 0 saturated carbocycles. The molecule has 1 aliphatic heterocycles. The average Bonchev–Trinajstić information content (AvgIpc) is 3.16. The van der Waals surface area contributed by atoms with Gasteiger partial charge >= 0.3 is 0 Å².